The van der Waals surface area contributed by atoms with Gasteiger partial charge in [0.25, 0.3) is 0 Å². The summed E-state index contributed by atoms with van der Waals surface area (Å²) in [6, 6.07) is 7.25. The molecule has 6 heteroatoms. The van der Waals surface area contributed by atoms with Crippen LogP contribution in [0.5, 0.6) is 0 Å². The number of carbonyl (C=O) groups excluding carboxylic acids is 1. The van der Waals surface area contributed by atoms with Gasteiger partial charge in [0.2, 0.25) is 0 Å². The summed E-state index contributed by atoms with van der Waals surface area (Å²) in [6.07, 6.45) is 3.88. The van der Waals surface area contributed by atoms with E-state index in [0.717, 1.165) is 43.0 Å². The van der Waals surface area contributed by atoms with E-state index in [1.807, 2.05) is 26.0 Å². The van der Waals surface area contributed by atoms with E-state index in [-0.39, 0.29) is 18.2 Å². The van der Waals surface area contributed by atoms with E-state index in [4.69, 9.17) is 9.47 Å². The summed E-state index contributed by atoms with van der Waals surface area (Å²) in [6.45, 7) is 3.75. The van der Waals surface area contributed by atoms with Gasteiger partial charge >= 0.3 is 5.97 Å². The van der Waals surface area contributed by atoms with Crippen LogP contribution in [0, 0.1) is 13.8 Å². The zero-order valence-corrected chi connectivity index (χ0v) is 14.4. The molecule has 1 aliphatic rings. The molecule has 1 aromatic carbocycles. The lowest BCUT2D eigenvalue weighted by molar-refractivity contribution is -0.0149. The van der Waals surface area contributed by atoms with Gasteiger partial charge in [-0.2, -0.15) is 5.10 Å². The average molecular weight is 329 g/mol. The molecular formula is C18H23N3O3. The number of methoxy groups -OCH3 is 1. The zero-order valence-electron chi connectivity index (χ0n) is 14.4. The van der Waals surface area contributed by atoms with Crippen LogP contribution in [0.3, 0.4) is 0 Å². The second-order valence-electron chi connectivity index (χ2n) is 6.22. The van der Waals surface area contributed by atoms with Gasteiger partial charge in [-0.1, -0.05) is 0 Å². The summed E-state index contributed by atoms with van der Waals surface area (Å²) in [7, 11) is 1.71. The molecule has 1 fully saturated rings. The molecule has 2 aromatic rings. The number of benzene rings is 1. The summed E-state index contributed by atoms with van der Waals surface area (Å²) < 4.78 is 12.8. The van der Waals surface area contributed by atoms with Crippen molar-refractivity contribution in [3.63, 3.8) is 0 Å². The molecule has 128 valence electrons. The number of ether oxygens (including phenoxy) is 2. The zero-order chi connectivity index (χ0) is 17.1. The molecule has 1 heterocycles. The fourth-order valence-electron chi connectivity index (χ4n) is 3.15. The topological polar surface area (TPSA) is 66.2 Å². The van der Waals surface area contributed by atoms with Crippen molar-refractivity contribution in [2.75, 3.05) is 7.11 Å². The SMILES string of the molecule is CO[C@H]1CCC[C@H](OC(=O)c2ccc(-n3nc(C)nc3C)cc2)C1. The minimum absolute atomic E-state index is 0.0592. The highest BCUT2D eigenvalue weighted by Crippen LogP contribution is 2.24. The van der Waals surface area contributed by atoms with Gasteiger partial charge in [-0.3, -0.25) is 0 Å². The van der Waals surface area contributed by atoms with Crippen molar-refractivity contribution in [3.8, 4) is 5.69 Å². The summed E-state index contributed by atoms with van der Waals surface area (Å²) >= 11 is 0. The highest BCUT2D eigenvalue weighted by molar-refractivity contribution is 5.89. The van der Waals surface area contributed by atoms with Crippen LogP contribution in [0.15, 0.2) is 24.3 Å². The molecule has 6 nitrogen and oxygen atoms in total. The van der Waals surface area contributed by atoms with Gasteiger partial charge in [0.15, 0.2) is 0 Å². The first-order chi connectivity index (χ1) is 11.6. The normalized spacial score (nSPS) is 20.8. The minimum atomic E-state index is -0.283. The fraction of sp³-hybridized carbons (Fsp3) is 0.500. The molecule has 24 heavy (non-hydrogen) atoms. The first kappa shape index (κ1) is 16.6. The van der Waals surface area contributed by atoms with Crippen molar-refractivity contribution in [1.29, 1.82) is 0 Å². The highest BCUT2D eigenvalue weighted by Gasteiger charge is 2.25. The third-order valence-corrected chi connectivity index (χ3v) is 4.41. The number of rotatable bonds is 4. The van der Waals surface area contributed by atoms with Crippen molar-refractivity contribution in [1.82, 2.24) is 14.8 Å². The number of carbonyl (C=O) groups is 1. The Hall–Kier alpha value is -2.21. The van der Waals surface area contributed by atoms with Crippen LogP contribution in [0.25, 0.3) is 5.69 Å². The molecule has 0 aliphatic heterocycles. The third-order valence-electron chi connectivity index (χ3n) is 4.41. The Labute approximate surface area is 141 Å². The molecule has 3 rings (SSSR count). The van der Waals surface area contributed by atoms with E-state index in [0.29, 0.717) is 5.56 Å². The molecule has 1 aromatic heterocycles. The van der Waals surface area contributed by atoms with Crippen LogP contribution >= 0.6 is 0 Å². The lowest BCUT2D eigenvalue weighted by atomic mass is 9.95. The van der Waals surface area contributed by atoms with Crippen molar-refractivity contribution in [3.05, 3.63) is 41.5 Å². The van der Waals surface area contributed by atoms with Crippen LogP contribution in [0.1, 0.15) is 47.7 Å². The number of aromatic nitrogens is 3. The first-order valence-electron chi connectivity index (χ1n) is 8.31. The number of hydrogen-bond acceptors (Lipinski definition) is 5. The van der Waals surface area contributed by atoms with Gasteiger partial charge in [-0.15, -0.1) is 0 Å². The Morgan fingerprint density at radius 2 is 1.88 bits per heavy atom. The molecule has 1 saturated carbocycles. The standard InChI is InChI=1S/C18H23N3O3/c1-12-19-13(2)21(20-12)15-9-7-14(8-10-15)18(22)24-17-6-4-5-16(11-17)23-3/h7-10,16-17H,4-6,11H2,1-3H3/t16-,17-/m0/s1. The van der Waals surface area contributed by atoms with Crippen LogP contribution in [0.2, 0.25) is 0 Å². The highest BCUT2D eigenvalue weighted by atomic mass is 16.5. The molecule has 0 radical (unpaired) electrons. The molecule has 0 unspecified atom stereocenters. The maximum atomic E-state index is 12.3. The van der Waals surface area contributed by atoms with Crippen molar-refractivity contribution in [2.45, 2.75) is 51.7 Å². The van der Waals surface area contributed by atoms with Crippen LogP contribution in [-0.2, 0) is 9.47 Å². The van der Waals surface area contributed by atoms with E-state index in [1.54, 1.807) is 23.9 Å². The smallest absolute Gasteiger partial charge is 0.338 e. The second kappa shape index (κ2) is 7.13. The van der Waals surface area contributed by atoms with Gasteiger partial charge in [0.1, 0.15) is 17.8 Å². The molecule has 0 spiro atoms. The van der Waals surface area contributed by atoms with Gasteiger partial charge in [-0.05, 0) is 57.4 Å². The van der Waals surface area contributed by atoms with Crippen molar-refractivity contribution >= 4 is 5.97 Å². The third kappa shape index (κ3) is 3.64. The van der Waals surface area contributed by atoms with Crippen molar-refractivity contribution < 1.29 is 14.3 Å². The fourth-order valence-corrected chi connectivity index (χ4v) is 3.15. The summed E-state index contributed by atoms with van der Waals surface area (Å²) in [5.41, 5.74) is 1.43. The summed E-state index contributed by atoms with van der Waals surface area (Å²) in [4.78, 5) is 16.6. The Morgan fingerprint density at radius 3 is 2.50 bits per heavy atom. The molecule has 0 N–H and O–H groups in total. The van der Waals surface area contributed by atoms with E-state index in [9.17, 15) is 4.79 Å². The maximum absolute atomic E-state index is 12.3. The lowest BCUT2D eigenvalue weighted by Crippen LogP contribution is -2.29. The number of nitrogens with zero attached hydrogens (tertiary/aromatic N) is 3. The molecule has 0 amide bonds. The molecule has 0 bridgehead atoms. The molecular weight excluding hydrogens is 306 g/mol. The number of hydrogen-bond donors (Lipinski definition) is 0. The van der Waals surface area contributed by atoms with Crippen LogP contribution in [0.4, 0.5) is 0 Å². The van der Waals surface area contributed by atoms with Crippen LogP contribution in [-0.4, -0.2) is 40.1 Å². The summed E-state index contributed by atoms with van der Waals surface area (Å²) in [5.74, 6) is 1.26. The van der Waals surface area contributed by atoms with E-state index in [1.165, 1.54) is 0 Å². The lowest BCUT2D eigenvalue weighted by Gasteiger charge is -2.27. The van der Waals surface area contributed by atoms with E-state index < -0.39 is 0 Å². The van der Waals surface area contributed by atoms with E-state index >= 15 is 0 Å². The largest absolute Gasteiger partial charge is 0.459 e. The molecule has 0 saturated heterocycles. The Kier molecular flexibility index (Phi) is 4.94. The molecule has 1 aliphatic carbocycles. The van der Waals surface area contributed by atoms with Crippen LogP contribution < -0.4 is 0 Å². The predicted molar refractivity (Wildman–Crippen MR) is 89.3 cm³/mol. The van der Waals surface area contributed by atoms with Gasteiger partial charge in [0, 0.05) is 13.5 Å². The molecule has 2 atom stereocenters. The first-order valence-corrected chi connectivity index (χ1v) is 8.31. The Bertz CT molecular complexity index is 709. The Balaban J connectivity index is 1.67. The van der Waals surface area contributed by atoms with Gasteiger partial charge in [0.05, 0.1) is 17.4 Å². The quantitative estimate of drug-likeness (QED) is 0.807. The predicted octanol–water partition coefficient (Wildman–Crippen LogP) is 3.00. The van der Waals surface area contributed by atoms with Gasteiger partial charge in [-0.25, -0.2) is 14.5 Å². The summed E-state index contributed by atoms with van der Waals surface area (Å²) in [5, 5.41) is 4.34. The van der Waals surface area contributed by atoms with E-state index in [2.05, 4.69) is 10.1 Å². The average Bonchev–Trinajstić information content (AvgIpc) is 2.93. The monoisotopic (exact) mass is 329 g/mol. The minimum Gasteiger partial charge on any atom is -0.459 e. The number of esters is 1. The van der Waals surface area contributed by atoms with Crippen molar-refractivity contribution in [2.24, 2.45) is 0 Å². The van der Waals surface area contributed by atoms with Gasteiger partial charge < -0.3 is 9.47 Å². The number of aryl methyl sites for hydroxylation is 2. The Morgan fingerprint density at radius 1 is 1.17 bits per heavy atom. The maximum Gasteiger partial charge on any atom is 0.338 e. The second-order valence-corrected chi connectivity index (χ2v) is 6.22.